The van der Waals surface area contributed by atoms with Gasteiger partial charge in [-0.15, -0.1) is 10.2 Å². The Bertz CT molecular complexity index is 505. The van der Waals surface area contributed by atoms with E-state index in [4.69, 9.17) is 4.74 Å². The van der Waals surface area contributed by atoms with Crippen molar-refractivity contribution in [1.82, 2.24) is 20.6 Å². The molecule has 1 heterocycles. The van der Waals surface area contributed by atoms with Gasteiger partial charge in [0.05, 0.1) is 7.11 Å². The van der Waals surface area contributed by atoms with E-state index in [1.807, 2.05) is 26.8 Å². The Kier molecular flexibility index (Phi) is 2.60. The third kappa shape index (κ3) is 1.54. The molecule has 0 unspecified atom stereocenters. The minimum atomic E-state index is 0.617. The Morgan fingerprint density at radius 3 is 2.50 bits per heavy atom. The molecule has 1 aromatic carbocycles. The number of aryl methyl sites for hydroxylation is 1. The first-order valence-corrected chi connectivity index (χ1v) is 5.03. The van der Waals surface area contributed by atoms with Gasteiger partial charge in [0.2, 0.25) is 5.82 Å². The molecule has 5 heteroatoms. The molecular formula is C11H14N4O. The molecule has 0 fully saturated rings. The van der Waals surface area contributed by atoms with Crippen LogP contribution in [0.2, 0.25) is 0 Å². The molecule has 1 aromatic heterocycles. The highest BCUT2D eigenvalue weighted by atomic mass is 16.5. The molecule has 0 saturated heterocycles. The molecule has 0 atom stereocenters. The zero-order valence-electron chi connectivity index (χ0n) is 9.83. The molecule has 2 rings (SSSR count). The van der Waals surface area contributed by atoms with E-state index >= 15 is 0 Å². The van der Waals surface area contributed by atoms with Crippen molar-refractivity contribution < 1.29 is 4.74 Å². The van der Waals surface area contributed by atoms with Crippen LogP contribution in [-0.4, -0.2) is 27.7 Å². The van der Waals surface area contributed by atoms with Gasteiger partial charge in [-0.1, -0.05) is 0 Å². The number of aromatic amines is 1. The minimum Gasteiger partial charge on any atom is -0.496 e. The van der Waals surface area contributed by atoms with Gasteiger partial charge in [0.1, 0.15) is 5.75 Å². The highest BCUT2D eigenvalue weighted by molar-refractivity contribution is 5.66. The van der Waals surface area contributed by atoms with E-state index < -0.39 is 0 Å². The van der Waals surface area contributed by atoms with Crippen LogP contribution in [0.3, 0.4) is 0 Å². The predicted octanol–water partition coefficient (Wildman–Crippen LogP) is 1.80. The Hall–Kier alpha value is -1.91. The predicted molar refractivity (Wildman–Crippen MR) is 60.4 cm³/mol. The maximum absolute atomic E-state index is 5.36. The number of nitrogens with zero attached hydrogens (tertiary/aromatic N) is 3. The van der Waals surface area contributed by atoms with Crippen molar-refractivity contribution in [2.45, 2.75) is 20.8 Å². The fourth-order valence-electron chi connectivity index (χ4n) is 1.88. The number of hydrogen-bond donors (Lipinski definition) is 1. The largest absolute Gasteiger partial charge is 0.496 e. The van der Waals surface area contributed by atoms with Gasteiger partial charge in [-0.05, 0) is 48.7 Å². The zero-order valence-corrected chi connectivity index (χ0v) is 9.83. The lowest BCUT2D eigenvalue weighted by Gasteiger charge is -2.13. The molecule has 1 N–H and O–H groups in total. The number of nitrogens with one attached hydrogen (secondary N) is 1. The number of hydrogen-bond acceptors (Lipinski definition) is 4. The topological polar surface area (TPSA) is 63.7 Å². The van der Waals surface area contributed by atoms with E-state index in [9.17, 15) is 0 Å². The quantitative estimate of drug-likeness (QED) is 0.834. The Balaban J connectivity index is 2.66. The highest BCUT2D eigenvalue weighted by Crippen LogP contribution is 2.32. The van der Waals surface area contributed by atoms with E-state index in [-0.39, 0.29) is 0 Å². The van der Waals surface area contributed by atoms with Gasteiger partial charge in [-0.3, -0.25) is 0 Å². The number of rotatable bonds is 2. The van der Waals surface area contributed by atoms with Gasteiger partial charge in [0, 0.05) is 5.56 Å². The summed E-state index contributed by atoms with van der Waals surface area (Å²) in [5.41, 5.74) is 4.29. The smallest absolute Gasteiger partial charge is 0.204 e. The summed E-state index contributed by atoms with van der Waals surface area (Å²) in [6.07, 6.45) is 0. The number of methoxy groups -OCH3 is 1. The SMILES string of the molecule is COc1c(C)cc(-c2nn[nH]n2)c(C)c1C. The van der Waals surface area contributed by atoms with Crippen LogP contribution in [0, 0.1) is 20.8 Å². The maximum atomic E-state index is 5.36. The van der Waals surface area contributed by atoms with Crippen molar-refractivity contribution in [3.63, 3.8) is 0 Å². The maximum Gasteiger partial charge on any atom is 0.204 e. The molecular weight excluding hydrogens is 204 g/mol. The lowest BCUT2D eigenvalue weighted by molar-refractivity contribution is 0.408. The van der Waals surface area contributed by atoms with Gasteiger partial charge in [-0.2, -0.15) is 5.21 Å². The van der Waals surface area contributed by atoms with Crippen LogP contribution < -0.4 is 4.74 Å². The van der Waals surface area contributed by atoms with E-state index in [0.717, 1.165) is 28.0 Å². The number of aromatic nitrogens is 4. The van der Waals surface area contributed by atoms with Crippen molar-refractivity contribution in [3.8, 4) is 17.1 Å². The molecule has 84 valence electrons. The molecule has 0 bridgehead atoms. The third-order valence-electron chi connectivity index (χ3n) is 2.82. The van der Waals surface area contributed by atoms with Gasteiger partial charge < -0.3 is 4.74 Å². The molecule has 16 heavy (non-hydrogen) atoms. The second-order valence-corrected chi connectivity index (χ2v) is 3.76. The van der Waals surface area contributed by atoms with Crippen molar-refractivity contribution >= 4 is 0 Å². The minimum absolute atomic E-state index is 0.617. The summed E-state index contributed by atoms with van der Waals surface area (Å²) in [6.45, 7) is 6.07. The first kappa shape index (κ1) is 10.6. The Morgan fingerprint density at radius 2 is 1.94 bits per heavy atom. The van der Waals surface area contributed by atoms with Crippen LogP contribution in [0.1, 0.15) is 16.7 Å². The summed E-state index contributed by atoms with van der Waals surface area (Å²) in [6, 6.07) is 2.02. The van der Waals surface area contributed by atoms with Crippen molar-refractivity contribution in [1.29, 1.82) is 0 Å². The standard InChI is InChI=1S/C11H14N4O/c1-6-5-9(11-12-14-15-13-11)7(2)8(3)10(6)16-4/h5H,1-4H3,(H,12,13,14,15). The average molecular weight is 218 g/mol. The van der Waals surface area contributed by atoms with E-state index in [1.54, 1.807) is 7.11 Å². The first-order chi connectivity index (χ1) is 7.65. The molecule has 2 aromatic rings. The number of tetrazole rings is 1. The summed E-state index contributed by atoms with van der Waals surface area (Å²) < 4.78 is 5.36. The van der Waals surface area contributed by atoms with Crippen molar-refractivity contribution in [2.24, 2.45) is 0 Å². The lowest BCUT2D eigenvalue weighted by atomic mass is 9.98. The summed E-state index contributed by atoms with van der Waals surface area (Å²) >= 11 is 0. The Labute approximate surface area is 93.8 Å². The molecule has 0 aliphatic carbocycles. The van der Waals surface area contributed by atoms with Gasteiger partial charge in [0.25, 0.3) is 0 Å². The summed E-state index contributed by atoms with van der Waals surface area (Å²) in [5, 5.41) is 14.0. The average Bonchev–Trinajstić information content (AvgIpc) is 2.77. The van der Waals surface area contributed by atoms with Crippen LogP contribution >= 0.6 is 0 Å². The molecule has 0 saturated carbocycles. The number of ether oxygens (including phenoxy) is 1. The van der Waals surface area contributed by atoms with Gasteiger partial charge in [0.15, 0.2) is 0 Å². The van der Waals surface area contributed by atoms with Crippen LogP contribution in [-0.2, 0) is 0 Å². The molecule has 5 nitrogen and oxygen atoms in total. The number of benzene rings is 1. The second-order valence-electron chi connectivity index (χ2n) is 3.76. The Morgan fingerprint density at radius 1 is 1.19 bits per heavy atom. The molecule has 0 aliphatic rings. The lowest BCUT2D eigenvalue weighted by Crippen LogP contribution is -1.97. The van der Waals surface area contributed by atoms with Crippen LogP contribution in [0.5, 0.6) is 5.75 Å². The van der Waals surface area contributed by atoms with Crippen molar-refractivity contribution in [2.75, 3.05) is 7.11 Å². The van der Waals surface area contributed by atoms with Gasteiger partial charge >= 0.3 is 0 Å². The fraction of sp³-hybridized carbons (Fsp3) is 0.364. The van der Waals surface area contributed by atoms with E-state index in [2.05, 4.69) is 20.6 Å². The summed E-state index contributed by atoms with van der Waals surface area (Å²) in [5.74, 6) is 1.54. The van der Waals surface area contributed by atoms with Gasteiger partial charge in [-0.25, -0.2) is 0 Å². The van der Waals surface area contributed by atoms with Crippen LogP contribution in [0.4, 0.5) is 0 Å². The third-order valence-corrected chi connectivity index (χ3v) is 2.82. The van der Waals surface area contributed by atoms with E-state index in [1.165, 1.54) is 0 Å². The zero-order chi connectivity index (χ0) is 11.7. The molecule has 0 radical (unpaired) electrons. The monoisotopic (exact) mass is 218 g/mol. The fourth-order valence-corrected chi connectivity index (χ4v) is 1.88. The summed E-state index contributed by atoms with van der Waals surface area (Å²) in [7, 11) is 1.68. The molecule has 0 amide bonds. The number of H-pyrrole nitrogens is 1. The van der Waals surface area contributed by atoms with Crippen molar-refractivity contribution in [3.05, 3.63) is 22.8 Å². The molecule has 0 aliphatic heterocycles. The van der Waals surface area contributed by atoms with Crippen LogP contribution in [0.15, 0.2) is 6.07 Å². The molecule has 0 spiro atoms. The van der Waals surface area contributed by atoms with E-state index in [0.29, 0.717) is 5.82 Å². The summed E-state index contributed by atoms with van der Waals surface area (Å²) in [4.78, 5) is 0. The second kappa shape index (κ2) is 3.92. The normalized spacial score (nSPS) is 10.5. The highest BCUT2D eigenvalue weighted by Gasteiger charge is 2.14. The first-order valence-electron chi connectivity index (χ1n) is 5.03. The van der Waals surface area contributed by atoms with Crippen LogP contribution in [0.25, 0.3) is 11.4 Å².